The van der Waals surface area contributed by atoms with Crippen molar-refractivity contribution in [3.63, 3.8) is 0 Å². The molecule has 1 saturated carbocycles. The van der Waals surface area contributed by atoms with Gasteiger partial charge in [0.2, 0.25) is 0 Å². The predicted molar refractivity (Wildman–Crippen MR) is 80.3 cm³/mol. The fourth-order valence-electron chi connectivity index (χ4n) is 2.01. The van der Waals surface area contributed by atoms with Crippen LogP contribution in [0.2, 0.25) is 10.0 Å². The molecule has 0 saturated heterocycles. The Morgan fingerprint density at radius 2 is 2.19 bits per heavy atom. The summed E-state index contributed by atoms with van der Waals surface area (Å²) in [6.45, 7) is 0.382. The molecule has 1 atom stereocenters. The van der Waals surface area contributed by atoms with E-state index in [2.05, 4.69) is 10.1 Å². The Morgan fingerprint density at radius 3 is 2.90 bits per heavy atom. The van der Waals surface area contributed by atoms with Crippen LogP contribution < -0.4 is 5.73 Å². The third-order valence-corrected chi connectivity index (χ3v) is 4.06. The van der Waals surface area contributed by atoms with Crippen molar-refractivity contribution >= 4 is 23.2 Å². The Labute approximate surface area is 132 Å². The summed E-state index contributed by atoms with van der Waals surface area (Å²) in [6, 6.07) is 4.64. The minimum Gasteiger partial charge on any atom is -0.376 e. The zero-order valence-corrected chi connectivity index (χ0v) is 12.8. The fourth-order valence-corrected chi connectivity index (χ4v) is 2.38. The molecular formula is C14H15Cl2N3O2. The van der Waals surface area contributed by atoms with Gasteiger partial charge in [0, 0.05) is 5.02 Å². The van der Waals surface area contributed by atoms with Gasteiger partial charge in [0.15, 0.2) is 5.82 Å². The zero-order chi connectivity index (χ0) is 14.8. The normalized spacial score (nSPS) is 16.7. The van der Waals surface area contributed by atoms with E-state index in [-0.39, 0.29) is 0 Å². The lowest BCUT2D eigenvalue weighted by Gasteiger charge is -2.26. The van der Waals surface area contributed by atoms with Gasteiger partial charge in [0.05, 0.1) is 29.3 Å². The summed E-state index contributed by atoms with van der Waals surface area (Å²) in [5.41, 5.74) is 6.61. The zero-order valence-electron chi connectivity index (χ0n) is 11.3. The molecule has 1 aromatic carbocycles. The highest BCUT2D eigenvalue weighted by Crippen LogP contribution is 2.30. The smallest absolute Gasteiger partial charge is 0.259 e. The molecule has 0 aliphatic heterocycles. The molecular weight excluding hydrogens is 313 g/mol. The lowest BCUT2D eigenvalue weighted by molar-refractivity contribution is -0.00549. The topological polar surface area (TPSA) is 74.2 Å². The predicted octanol–water partition coefficient (Wildman–Crippen LogP) is 3.61. The van der Waals surface area contributed by atoms with E-state index in [1.807, 2.05) is 0 Å². The summed E-state index contributed by atoms with van der Waals surface area (Å²) in [6.07, 6.45) is 3.74. The van der Waals surface area contributed by atoms with Gasteiger partial charge in [-0.3, -0.25) is 0 Å². The first-order valence-corrected chi connectivity index (χ1v) is 7.55. The van der Waals surface area contributed by atoms with Crippen LogP contribution in [0.4, 0.5) is 0 Å². The first-order chi connectivity index (χ1) is 10.1. The third-order valence-electron chi connectivity index (χ3n) is 3.50. The molecule has 3 rings (SSSR count). The molecule has 1 heterocycles. The number of nitrogens with zero attached hydrogens (tertiary/aromatic N) is 2. The Kier molecular flexibility index (Phi) is 4.45. The molecule has 1 aromatic heterocycles. The molecule has 5 nitrogen and oxygen atoms in total. The molecule has 1 unspecified atom stereocenters. The molecule has 0 bridgehead atoms. The largest absolute Gasteiger partial charge is 0.376 e. The average molecular weight is 328 g/mol. The molecule has 0 spiro atoms. The van der Waals surface area contributed by atoms with Crippen molar-refractivity contribution in [2.24, 2.45) is 5.73 Å². The van der Waals surface area contributed by atoms with Gasteiger partial charge in [-0.2, -0.15) is 4.98 Å². The van der Waals surface area contributed by atoms with E-state index in [9.17, 15) is 0 Å². The molecule has 1 aliphatic rings. The Bertz CT molecular complexity index is 628. The molecule has 2 N–H and O–H groups in total. The van der Waals surface area contributed by atoms with Gasteiger partial charge >= 0.3 is 0 Å². The molecule has 7 heteroatoms. The number of rotatable bonds is 5. The maximum Gasteiger partial charge on any atom is 0.259 e. The van der Waals surface area contributed by atoms with Gasteiger partial charge in [0.1, 0.15) is 0 Å². The first kappa shape index (κ1) is 14.8. The van der Waals surface area contributed by atoms with Crippen LogP contribution in [0.25, 0.3) is 11.5 Å². The first-order valence-electron chi connectivity index (χ1n) is 6.79. The van der Waals surface area contributed by atoms with Crippen LogP contribution in [0.1, 0.15) is 31.1 Å². The van der Waals surface area contributed by atoms with Crippen molar-refractivity contribution < 1.29 is 9.26 Å². The van der Waals surface area contributed by atoms with Crippen molar-refractivity contribution in [3.8, 4) is 11.5 Å². The molecule has 21 heavy (non-hydrogen) atoms. The number of halogens is 2. The van der Waals surface area contributed by atoms with Gasteiger partial charge in [-0.15, -0.1) is 0 Å². The molecule has 0 radical (unpaired) electrons. The van der Waals surface area contributed by atoms with Crippen LogP contribution in [0, 0.1) is 0 Å². The number of aromatic nitrogens is 2. The van der Waals surface area contributed by atoms with E-state index < -0.39 is 6.04 Å². The van der Waals surface area contributed by atoms with E-state index in [1.165, 1.54) is 6.42 Å². The van der Waals surface area contributed by atoms with Crippen LogP contribution in [0.5, 0.6) is 0 Å². The number of benzene rings is 1. The van der Waals surface area contributed by atoms with E-state index in [4.69, 9.17) is 38.2 Å². The maximum absolute atomic E-state index is 6.11. The van der Waals surface area contributed by atoms with Crippen LogP contribution in [0.3, 0.4) is 0 Å². The van der Waals surface area contributed by atoms with Crippen LogP contribution in [-0.2, 0) is 4.74 Å². The minimum atomic E-state index is -0.416. The van der Waals surface area contributed by atoms with Gasteiger partial charge in [-0.25, -0.2) is 0 Å². The minimum absolute atomic E-state index is 0.302. The molecule has 1 aliphatic carbocycles. The SMILES string of the molecule is NC(COC1CCC1)c1noc(-c2cc(Cl)ccc2Cl)n1. The fraction of sp³-hybridized carbons (Fsp3) is 0.429. The van der Waals surface area contributed by atoms with E-state index >= 15 is 0 Å². The second-order valence-corrected chi connectivity index (χ2v) is 5.92. The van der Waals surface area contributed by atoms with Gasteiger partial charge in [0.25, 0.3) is 5.89 Å². The van der Waals surface area contributed by atoms with Crippen molar-refractivity contribution in [2.75, 3.05) is 6.61 Å². The van der Waals surface area contributed by atoms with Crippen LogP contribution >= 0.6 is 23.2 Å². The number of nitrogens with two attached hydrogens (primary N) is 1. The standard InChI is InChI=1S/C14H15Cl2N3O2/c15-8-4-5-11(16)10(6-8)14-18-13(19-21-14)12(17)7-20-9-2-1-3-9/h4-6,9,12H,1-3,7,17H2. The Morgan fingerprint density at radius 1 is 1.38 bits per heavy atom. The summed E-state index contributed by atoms with van der Waals surface area (Å²) < 4.78 is 10.9. The quantitative estimate of drug-likeness (QED) is 0.907. The summed E-state index contributed by atoms with van der Waals surface area (Å²) in [5.74, 6) is 0.706. The second kappa shape index (κ2) is 6.32. The molecule has 1 fully saturated rings. The highest BCUT2D eigenvalue weighted by atomic mass is 35.5. The number of hydrogen-bond acceptors (Lipinski definition) is 5. The Balaban J connectivity index is 1.71. The lowest BCUT2D eigenvalue weighted by Crippen LogP contribution is -2.27. The summed E-state index contributed by atoms with van der Waals surface area (Å²) >= 11 is 12.1. The van der Waals surface area contributed by atoms with Crippen LogP contribution in [0.15, 0.2) is 22.7 Å². The third kappa shape index (κ3) is 3.37. The van der Waals surface area contributed by atoms with Crippen molar-refractivity contribution in [3.05, 3.63) is 34.1 Å². The molecule has 0 amide bonds. The van der Waals surface area contributed by atoms with Crippen molar-refractivity contribution in [1.82, 2.24) is 10.1 Å². The average Bonchev–Trinajstić information content (AvgIpc) is 2.89. The monoisotopic (exact) mass is 327 g/mol. The highest BCUT2D eigenvalue weighted by molar-refractivity contribution is 6.35. The van der Waals surface area contributed by atoms with E-state index in [1.54, 1.807) is 18.2 Å². The summed E-state index contributed by atoms with van der Waals surface area (Å²) in [4.78, 5) is 4.28. The lowest BCUT2D eigenvalue weighted by atomic mass is 9.96. The number of ether oxygens (including phenoxy) is 1. The number of hydrogen-bond donors (Lipinski definition) is 1. The van der Waals surface area contributed by atoms with Gasteiger partial charge in [-0.05, 0) is 37.5 Å². The summed E-state index contributed by atoms with van der Waals surface area (Å²) in [7, 11) is 0. The summed E-state index contributed by atoms with van der Waals surface area (Å²) in [5, 5.41) is 4.93. The second-order valence-electron chi connectivity index (χ2n) is 5.07. The maximum atomic E-state index is 6.11. The Hall–Kier alpha value is -1.14. The van der Waals surface area contributed by atoms with Gasteiger partial charge < -0.3 is 15.0 Å². The highest BCUT2D eigenvalue weighted by Gasteiger charge is 2.22. The van der Waals surface area contributed by atoms with E-state index in [0.29, 0.717) is 40.0 Å². The van der Waals surface area contributed by atoms with Crippen molar-refractivity contribution in [2.45, 2.75) is 31.4 Å². The van der Waals surface area contributed by atoms with Crippen molar-refractivity contribution in [1.29, 1.82) is 0 Å². The van der Waals surface area contributed by atoms with Crippen LogP contribution in [-0.4, -0.2) is 22.9 Å². The molecule has 2 aromatic rings. The molecule has 112 valence electrons. The van der Waals surface area contributed by atoms with Gasteiger partial charge in [-0.1, -0.05) is 28.4 Å². The van der Waals surface area contributed by atoms with E-state index in [0.717, 1.165) is 12.8 Å².